The first kappa shape index (κ1) is 14.8. The second kappa shape index (κ2) is 6.73. The van der Waals surface area contributed by atoms with Crippen molar-refractivity contribution in [2.24, 2.45) is 0 Å². The van der Waals surface area contributed by atoms with Crippen LogP contribution in [0.15, 0.2) is 54.9 Å². The molecule has 0 aliphatic heterocycles. The van der Waals surface area contributed by atoms with Gasteiger partial charge in [-0.25, -0.2) is 9.97 Å². The largest absolute Gasteiger partial charge is 0.366 e. The molecule has 0 amide bonds. The molecule has 0 unspecified atom stereocenters. The van der Waals surface area contributed by atoms with Crippen LogP contribution in [0.5, 0.6) is 0 Å². The normalized spacial score (nSPS) is 10.5. The van der Waals surface area contributed by atoms with E-state index in [4.69, 9.17) is 23.2 Å². The molecule has 110 valence electrons. The zero-order valence-electron chi connectivity index (χ0n) is 11.5. The number of rotatable bonds is 4. The highest BCUT2D eigenvalue weighted by molar-refractivity contribution is 6.30. The Morgan fingerprint density at radius 3 is 2.68 bits per heavy atom. The Bertz CT molecular complexity index is 778. The van der Waals surface area contributed by atoms with Crippen molar-refractivity contribution in [3.8, 4) is 11.4 Å². The summed E-state index contributed by atoms with van der Waals surface area (Å²) >= 11 is 12.0. The van der Waals surface area contributed by atoms with Crippen LogP contribution in [0.25, 0.3) is 11.4 Å². The van der Waals surface area contributed by atoms with Gasteiger partial charge in [0.25, 0.3) is 0 Å². The highest BCUT2D eigenvalue weighted by atomic mass is 35.5. The van der Waals surface area contributed by atoms with E-state index in [1.54, 1.807) is 18.5 Å². The first-order chi connectivity index (χ1) is 10.7. The smallest absolute Gasteiger partial charge is 0.164 e. The summed E-state index contributed by atoms with van der Waals surface area (Å²) in [5, 5.41) is 4.31. The second-order valence-corrected chi connectivity index (χ2v) is 5.45. The van der Waals surface area contributed by atoms with Gasteiger partial charge >= 0.3 is 0 Å². The molecule has 0 aliphatic carbocycles. The maximum Gasteiger partial charge on any atom is 0.164 e. The molecular formula is C16H12Cl2N4. The minimum atomic E-state index is 0.377. The molecule has 0 atom stereocenters. The van der Waals surface area contributed by atoms with Gasteiger partial charge in [0.15, 0.2) is 5.82 Å². The van der Waals surface area contributed by atoms with Crippen molar-refractivity contribution in [1.82, 2.24) is 15.0 Å². The highest BCUT2D eigenvalue weighted by Gasteiger charge is 2.06. The first-order valence-electron chi connectivity index (χ1n) is 6.64. The molecule has 0 saturated heterocycles. The van der Waals surface area contributed by atoms with Crippen LogP contribution in [0.3, 0.4) is 0 Å². The maximum absolute atomic E-state index is 6.07. The van der Waals surface area contributed by atoms with E-state index < -0.39 is 0 Å². The number of nitrogens with zero attached hydrogens (tertiary/aromatic N) is 3. The molecule has 2 heterocycles. The number of hydrogen-bond donors (Lipinski definition) is 1. The lowest BCUT2D eigenvalue weighted by atomic mass is 10.2. The Morgan fingerprint density at radius 1 is 1.00 bits per heavy atom. The van der Waals surface area contributed by atoms with E-state index in [1.807, 2.05) is 36.4 Å². The molecule has 0 radical (unpaired) electrons. The summed E-state index contributed by atoms with van der Waals surface area (Å²) in [5.74, 6) is 1.19. The predicted molar refractivity (Wildman–Crippen MR) is 89.1 cm³/mol. The summed E-state index contributed by atoms with van der Waals surface area (Å²) in [5.41, 5.74) is 1.88. The third kappa shape index (κ3) is 3.72. The molecule has 6 heteroatoms. The molecule has 0 bridgehead atoms. The molecule has 0 fully saturated rings. The van der Waals surface area contributed by atoms with Crippen LogP contribution in [-0.4, -0.2) is 15.0 Å². The molecule has 1 N–H and O–H groups in total. The summed E-state index contributed by atoms with van der Waals surface area (Å²) in [7, 11) is 0. The van der Waals surface area contributed by atoms with E-state index in [1.165, 1.54) is 0 Å². The molecule has 3 rings (SSSR count). The van der Waals surface area contributed by atoms with E-state index in [-0.39, 0.29) is 0 Å². The number of hydrogen-bond acceptors (Lipinski definition) is 4. The zero-order chi connectivity index (χ0) is 15.4. The Morgan fingerprint density at radius 2 is 1.91 bits per heavy atom. The van der Waals surface area contributed by atoms with Crippen molar-refractivity contribution in [3.05, 3.63) is 70.6 Å². The molecule has 0 spiro atoms. The summed E-state index contributed by atoms with van der Waals surface area (Å²) in [6.45, 7) is 0.598. The molecule has 22 heavy (non-hydrogen) atoms. The summed E-state index contributed by atoms with van der Waals surface area (Å²) in [6, 6.07) is 13.0. The van der Waals surface area contributed by atoms with E-state index >= 15 is 0 Å². The fourth-order valence-corrected chi connectivity index (χ4v) is 2.37. The number of anilines is 1. The van der Waals surface area contributed by atoms with Gasteiger partial charge in [-0.3, -0.25) is 4.98 Å². The predicted octanol–water partition coefficient (Wildman–Crippen LogP) is 4.46. The van der Waals surface area contributed by atoms with Gasteiger partial charge in [-0.2, -0.15) is 0 Å². The fourth-order valence-electron chi connectivity index (χ4n) is 1.97. The number of pyridine rings is 1. The lowest BCUT2D eigenvalue weighted by Crippen LogP contribution is -2.03. The molecular weight excluding hydrogens is 319 g/mol. The van der Waals surface area contributed by atoms with Gasteiger partial charge in [-0.15, -0.1) is 0 Å². The third-order valence-electron chi connectivity index (χ3n) is 2.98. The van der Waals surface area contributed by atoms with Crippen LogP contribution < -0.4 is 5.32 Å². The van der Waals surface area contributed by atoms with Gasteiger partial charge < -0.3 is 5.32 Å². The van der Waals surface area contributed by atoms with Crippen molar-refractivity contribution in [1.29, 1.82) is 0 Å². The molecule has 0 aliphatic rings. The van der Waals surface area contributed by atoms with E-state index in [0.29, 0.717) is 28.4 Å². The summed E-state index contributed by atoms with van der Waals surface area (Å²) in [4.78, 5) is 12.8. The van der Waals surface area contributed by atoms with Crippen LogP contribution in [0.2, 0.25) is 10.2 Å². The van der Waals surface area contributed by atoms with E-state index in [9.17, 15) is 0 Å². The minimum absolute atomic E-state index is 0.377. The topological polar surface area (TPSA) is 50.7 Å². The maximum atomic E-state index is 6.07. The molecule has 2 aromatic heterocycles. The van der Waals surface area contributed by atoms with E-state index in [0.717, 1.165) is 11.1 Å². The summed E-state index contributed by atoms with van der Waals surface area (Å²) in [6.07, 6.45) is 3.40. The van der Waals surface area contributed by atoms with Gasteiger partial charge in [0.2, 0.25) is 0 Å². The fraction of sp³-hybridized carbons (Fsp3) is 0.0625. The van der Waals surface area contributed by atoms with Crippen molar-refractivity contribution in [2.75, 3.05) is 5.32 Å². The molecule has 4 nitrogen and oxygen atoms in total. The van der Waals surface area contributed by atoms with Crippen LogP contribution in [-0.2, 0) is 6.54 Å². The number of aromatic nitrogens is 3. The van der Waals surface area contributed by atoms with E-state index in [2.05, 4.69) is 20.3 Å². The Hall–Kier alpha value is -2.17. The highest BCUT2D eigenvalue weighted by Crippen LogP contribution is 2.20. The first-order valence-corrected chi connectivity index (χ1v) is 7.39. The van der Waals surface area contributed by atoms with Gasteiger partial charge in [0, 0.05) is 35.6 Å². The number of halogens is 2. The molecule has 1 aromatic carbocycles. The molecule has 3 aromatic rings. The van der Waals surface area contributed by atoms with Gasteiger partial charge in [0.05, 0.1) is 0 Å². The van der Waals surface area contributed by atoms with Crippen LogP contribution in [0.1, 0.15) is 5.56 Å². The van der Waals surface area contributed by atoms with Crippen molar-refractivity contribution in [3.63, 3.8) is 0 Å². The Labute approximate surface area is 138 Å². The van der Waals surface area contributed by atoms with Crippen LogP contribution in [0, 0.1) is 0 Å². The third-order valence-corrected chi connectivity index (χ3v) is 3.41. The zero-order valence-corrected chi connectivity index (χ0v) is 13.0. The quantitative estimate of drug-likeness (QED) is 0.717. The van der Waals surface area contributed by atoms with Gasteiger partial charge in [-0.05, 0) is 29.8 Å². The lowest BCUT2D eigenvalue weighted by Gasteiger charge is -2.08. The van der Waals surface area contributed by atoms with Crippen LogP contribution in [0.4, 0.5) is 5.82 Å². The lowest BCUT2D eigenvalue weighted by molar-refractivity contribution is 1.08. The Balaban J connectivity index is 1.81. The van der Waals surface area contributed by atoms with Crippen LogP contribution >= 0.6 is 23.2 Å². The van der Waals surface area contributed by atoms with Gasteiger partial charge in [0.1, 0.15) is 11.0 Å². The minimum Gasteiger partial charge on any atom is -0.366 e. The average molecular weight is 331 g/mol. The second-order valence-electron chi connectivity index (χ2n) is 4.62. The average Bonchev–Trinajstić information content (AvgIpc) is 2.53. The van der Waals surface area contributed by atoms with Crippen molar-refractivity contribution >= 4 is 29.0 Å². The standard InChI is InChI=1S/C16H12Cl2N4/c17-13-5-1-3-11(7-13)9-20-15-8-14(18)21-16(22-15)12-4-2-6-19-10-12/h1-8,10H,9H2,(H,20,21,22). The van der Waals surface area contributed by atoms with Crippen molar-refractivity contribution in [2.45, 2.75) is 6.54 Å². The van der Waals surface area contributed by atoms with Gasteiger partial charge in [-0.1, -0.05) is 35.3 Å². The monoisotopic (exact) mass is 330 g/mol. The number of benzene rings is 1. The molecule has 0 saturated carbocycles. The number of nitrogens with one attached hydrogen (secondary N) is 1. The van der Waals surface area contributed by atoms with Crippen molar-refractivity contribution < 1.29 is 0 Å². The Kier molecular flexibility index (Phi) is 4.51. The summed E-state index contributed by atoms with van der Waals surface area (Å²) < 4.78 is 0. The SMILES string of the molecule is Clc1cccc(CNc2cc(Cl)nc(-c3cccnc3)n2)c1.